The number of benzene rings is 1. The Morgan fingerprint density at radius 2 is 1.78 bits per heavy atom. The molecule has 4 aliphatic rings. The normalized spacial score (nSPS) is 28.9. The van der Waals surface area contributed by atoms with E-state index in [-0.39, 0.29) is 31.2 Å². The van der Waals surface area contributed by atoms with Crippen molar-refractivity contribution in [3.63, 3.8) is 0 Å². The molecular formula is C40H52F3N5O9S. The fraction of sp³-hybridized carbons (Fsp3) is 0.625. The average molecular weight is 836 g/mol. The van der Waals surface area contributed by atoms with Crippen molar-refractivity contribution in [1.29, 1.82) is 0 Å². The van der Waals surface area contributed by atoms with Crippen molar-refractivity contribution in [3.05, 3.63) is 42.6 Å². The molecule has 58 heavy (non-hydrogen) atoms. The second-order valence-electron chi connectivity index (χ2n) is 16.6. The van der Waals surface area contributed by atoms with Crippen LogP contribution in [-0.2, 0) is 29.1 Å². The highest BCUT2D eigenvalue weighted by molar-refractivity contribution is 7.91. The summed E-state index contributed by atoms with van der Waals surface area (Å²) in [6.07, 6.45) is 1.07. The van der Waals surface area contributed by atoms with Crippen LogP contribution in [0.2, 0.25) is 0 Å². The van der Waals surface area contributed by atoms with Gasteiger partial charge in [-0.25, -0.2) is 18.2 Å². The molecule has 3 N–H and O–H groups in total. The number of nitrogens with zero attached hydrogens (tertiary/aromatic N) is 2. The Morgan fingerprint density at radius 1 is 1.07 bits per heavy atom. The second-order valence-corrected chi connectivity index (χ2v) is 18.6. The third kappa shape index (κ3) is 9.31. The van der Waals surface area contributed by atoms with E-state index in [4.69, 9.17) is 14.2 Å². The van der Waals surface area contributed by atoms with Crippen molar-refractivity contribution in [1.82, 2.24) is 25.2 Å². The molecule has 1 saturated heterocycles. The number of ether oxygens (including phenoxy) is 3. The maximum Gasteiger partial charge on any atom is 0.427 e. The number of amides is 4. The van der Waals surface area contributed by atoms with Crippen LogP contribution in [0, 0.1) is 17.8 Å². The lowest BCUT2D eigenvalue weighted by Gasteiger charge is -2.34. The van der Waals surface area contributed by atoms with E-state index in [0.29, 0.717) is 63.7 Å². The number of alkyl halides is 3. The number of hydrogen-bond acceptors (Lipinski definition) is 10. The smallest absolute Gasteiger partial charge is 0.427 e. The molecule has 0 unspecified atom stereocenters. The van der Waals surface area contributed by atoms with Crippen LogP contribution in [-0.4, -0.2) is 96.0 Å². The van der Waals surface area contributed by atoms with Crippen molar-refractivity contribution in [3.8, 4) is 11.6 Å². The third-order valence-corrected chi connectivity index (χ3v) is 13.2. The molecule has 0 bridgehead atoms. The first kappa shape index (κ1) is 43.0. The summed E-state index contributed by atoms with van der Waals surface area (Å²) in [5, 5.41) is 5.81. The summed E-state index contributed by atoms with van der Waals surface area (Å²) < 4.78 is 86.2. The first-order valence-electron chi connectivity index (χ1n) is 19.8. The van der Waals surface area contributed by atoms with E-state index in [0.717, 1.165) is 11.8 Å². The Hall–Kier alpha value is -4.61. The number of carbonyl (C=O) groups excluding carboxylic acids is 4. The standard InChI is InChI=1S/C40H52F3N5O9S/c1-6-17-55-31-21-44-34(29-14-10-9-13-28(29)31)56-26-19-30-33(49)46-39(36(51)47-58(53,54)27-15-16-27)20-25(39)12-8-7-11-23(2)18-24(3)32(35(50)48(30)22-26)45-37(52)57-38(4,5)40(41,42)43/h8-10,12-14,21,23-27,30,32H,6-7,11,15-20,22H2,1-5H3,(H,45,52)(H,46,49)(H,47,51)/b12-8-/t23-,24+,25+,26+,30-,32-,39+/m0/s1. The highest BCUT2D eigenvalue weighted by Gasteiger charge is 2.62. The quantitative estimate of drug-likeness (QED) is 0.266. The fourth-order valence-electron chi connectivity index (χ4n) is 7.66. The van der Waals surface area contributed by atoms with Crippen molar-refractivity contribution in [2.45, 2.75) is 127 Å². The summed E-state index contributed by atoms with van der Waals surface area (Å²) in [7, 11) is -3.98. The van der Waals surface area contributed by atoms with Crippen LogP contribution in [0.25, 0.3) is 10.8 Å². The number of sulfonamides is 1. The van der Waals surface area contributed by atoms with Crippen molar-refractivity contribution < 1.29 is 55.0 Å². The molecule has 3 heterocycles. The summed E-state index contributed by atoms with van der Waals surface area (Å²) in [5.74, 6) is -2.90. The number of pyridine rings is 1. The van der Waals surface area contributed by atoms with Gasteiger partial charge in [-0.1, -0.05) is 51.1 Å². The van der Waals surface area contributed by atoms with Gasteiger partial charge in [0.25, 0.3) is 5.91 Å². The van der Waals surface area contributed by atoms with Gasteiger partial charge in [-0.05, 0) is 76.7 Å². The van der Waals surface area contributed by atoms with Gasteiger partial charge in [0.2, 0.25) is 33.3 Å². The fourth-order valence-corrected chi connectivity index (χ4v) is 9.03. The Bertz CT molecular complexity index is 2040. The molecule has 318 valence electrons. The van der Waals surface area contributed by atoms with Gasteiger partial charge in [0.05, 0.1) is 24.6 Å². The minimum atomic E-state index is -4.91. The largest absolute Gasteiger partial charge is 0.491 e. The molecule has 2 aliphatic heterocycles. The summed E-state index contributed by atoms with van der Waals surface area (Å²) in [6.45, 7) is 7.24. The van der Waals surface area contributed by atoms with Gasteiger partial charge in [-0.15, -0.1) is 0 Å². The maximum absolute atomic E-state index is 14.8. The summed E-state index contributed by atoms with van der Waals surface area (Å²) >= 11 is 0. The van der Waals surface area contributed by atoms with Crippen LogP contribution in [0.1, 0.15) is 86.0 Å². The van der Waals surface area contributed by atoms with Crippen molar-refractivity contribution >= 4 is 44.6 Å². The van der Waals surface area contributed by atoms with Gasteiger partial charge in [0.1, 0.15) is 29.5 Å². The number of rotatable bonds is 10. The number of fused-ring (bicyclic) bond motifs is 3. The van der Waals surface area contributed by atoms with Crippen LogP contribution < -0.4 is 24.8 Å². The van der Waals surface area contributed by atoms with Crippen molar-refractivity contribution in [2.75, 3.05) is 13.2 Å². The van der Waals surface area contributed by atoms with Crippen LogP contribution in [0.4, 0.5) is 18.0 Å². The molecule has 4 amide bonds. The molecule has 3 fully saturated rings. The maximum atomic E-state index is 14.8. The van der Waals surface area contributed by atoms with E-state index in [1.54, 1.807) is 25.1 Å². The lowest BCUT2D eigenvalue weighted by Crippen LogP contribution is -2.59. The molecule has 7 atom stereocenters. The average Bonchev–Trinajstić information content (AvgIpc) is 4.08. The molecular weight excluding hydrogens is 784 g/mol. The van der Waals surface area contributed by atoms with E-state index in [1.807, 2.05) is 32.1 Å². The highest BCUT2D eigenvalue weighted by Crippen LogP contribution is 2.46. The number of carbonyl (C=O) groups is 4. The van der Waals surface area contributed by atoms with Gasteiger partial charge in [-0.2, -0.15) is 13.2 Å². The Balaban J connectivity index is 1.35. The Labute approximate surface area is 336 Å². The van der Waals surface area contributed by atoms with Gasteiger partial charge in [-0.3, -0.25) is 19.1 Å². The predicted octanol–water partition coefficient (Wildman–Crippen LogP) is 5.30. The molecule has 18 heteroatoms. The highest BCUT2D eigenvalue weighted by atomic mass is 32.2. The third-order valence-electron chi connectivity index (χ3n) is 11.4. The predicted molar refractivity (Wildman–Crippen MR) is 206 cm³/mol. The molecule has 2 aromatic rings. The second kappa shape index (κ2) is 16.6. The minimum absolute atomic E-state index is 0.0331. The topological polar surface area (TPSA) is 182 Å². The molecule has 14 nitrogen and oxygen atoms in total. The lowest BCUT2D eigenvalue weighted by atomic mass is 9.88. The van der Waals surface area contributed by atoms with Gasteiger partial charge in [0, 0.05) is 23.1 Å². The number of nitrogens with one attached hydrogen (secondary N) is 3. The number of halogens is 3. The monoisotopic (exact) mass is 835 g/mol. The number of alkyl carbamates (subject to hydrolysis) is 1. The molecule has 6 rings (SSSR count). The lowest BCUT2D eigenvalue weighted by molar-refractivity contribution is -0.244. The van der Waals surface area contributed by atoms with E-state index < -0.39 is 86.4 Å². The van der Waals surface area contributed by atoms with E-state index >= 15 is 0 Å². The van der Waals surface area contributed by atoms with Gasteiger partial charge >= 0.3 is 12.3 Å². The zero-order valence-corrected chi connectivity index (χ0v) is 34.1. The zero-order valence-electron chi connectivity index (χ0n) is 33.3. The van der Waals surface area contributed by atoms with Crippen molar-refractivity contribution in [2.24, 2.45) is 17.8 Å². The van der Waals surface area contributed by atoms with Crippen LogP contribution in [0.5, 0.6) is 11.6 Å². The van der Waals surface area contributed by atoms with Crippen LogP contribution in [0.3, 0.4) is 0 Å². The number of aromatic nitrogens is 1. The SMILES string of the molecule is CCCOc1cnc(O[C@@H]2C[C@H]3C(=O)N[C@]4(C(=O)NS(=O)(=O)C5CC5)C[C@H]4/C=C\CC[C@H](C)C[C@@H](C)[C@H](NC(=O)OC(C)(C)C(F)(F)F)C(=O)N3C2)c2ccccc12. The van der Waals surface area contributed by atoms with Crippen LogP contribution >= 0.6 is 0 Å². The Morgan fingerprint density at radius 3 is 2.45 bits per heavy atom. The van der Waals surface area contributed by atoms with Crippen LogP contribution in [0.15, 0.2) is 42.6 Å². The van der Waals surface area contributed by atoms with E-state index in [2.05, 4.69) is 20.3 Å². The van der Waals surface area contributed by atoms with Gasteiger partial charge in [0.15, 0.2) is 0 Å². The zero-order chi connectivity index (χ0) is 42.2. The van der Waals surface area contributed by atoms with E-state index in [1.165, 1.54) is 11.1 Å². The molecule has 0 radical (unpaired) electrons. The number of hydrogen-bond donors (Lipinski definition) is 3. The van der Waals surface area contributed by atoms with Gasteiger partial charge < -0.3 is 29.7 Å². The summed E-state index contributed by atoms with van der Waals surface area (Å²) in [6, 6.07) is 4.51. The molecule has 1 aromatic carbocycles. The summed E-state index contributed by atoms with van der Waals surface area (Å²) in [5.41, 5.74) is -4.51. The first-order chi connectivity index (χ1) is 27.3. The van der Waals surface area contributed by atoms with E-state index in [9.17, 15) is 40.8 Å². The molecule has 2 saturated carbocycles. The number of allylic oxidation sites excluding steroid dienone is 1. The molecule has 0 spiro atoms. The molecule has 2 aliphatic carbocycles. The first-order valence-corrected chi connectivity index (χ1v) is 21.4. The minimum Gasteiger partial charge on any atom is -0.491 e. The molecule has 1 aromatic heterocycles. The Kier molecular flexibility index (Phi) is 12.3. The summed E-state index contributed by atoms with van der Waals surface area (Å²) in [4.78, 5) is 61.8.